The van der Waals surface area contributed by atoms with Gasteiger partial charge in [-0.15, -0.1) is 0 Å². The van der Waals surface area contributed by atoms with Crippen molar-refractivity contribution in [2.24, 2.45) is 4.99 Å². The van der Waals surface area contributed by atoms with Gasteiger partial charge in [-0.25, -0.2) is 0 Å². The summed E-state index contributed by atoms with van der Waals surface area (Å²) < 4.78 is 0. The summed E-state index contributed by atoms with van der Waals surface area (Å²) in [6, 6.07) is 1.94. The van der Waals surface area contributed by atoms with E-state index < -0.39 is 0 Å². The minimum Gasteiger partial charge on any atom is -0.262 e. The maximum absolute atomic E-state index is 4.31. The predicted molar refractivity (Wildman–Crippen MR) is 51.9 cm³/mol. The van der Waals surface area contributed by atoms with Crippen molar-refractivity contribution in [3.63, 3.8) is 0 Å². The topological polar surface area (TPSA) is 25.2 Å². The lowest BCUT2D eigenvalue weighted by Gasteiger charge is -1.98. The zero-order valence-corrected chi connectivity index (χ0v) is 7.41. The second kappa shape index (κ2) is 3.81. The molecule has 0 N–H and O–H groups in total. The van der Waals surface area contributed by atoms with Gasteiger partial charge in [-0.2, -0.15) is 0 Å². The molecule has 12 heavy (non-hydrogen) atoms. The molecular weight excluding hydrogens is 148 g/mol. The number of aromatic nitrogens is 1. The molecule has 0 atom stereocenters. The lowest BCUT2D eigenvalue weighted by atomic mass is 10.2. The fraction of sp³-hybridized carbons (Fsp3) is 0.200. The Hall–Kier alpha value is -1.44. The molecule has 62 valence electrons. The van der Waals surface area contributed by atoms with Crippen molar-refractivity contribution in [3.05, 3.63) is 36.7 Å². The molecular formula is C10H12N2. The van der Waals surface area contributed by atoms with Crippen LogP contribution in [0.3, 0.4) is 0 Å². The molecule has 2 heteroatoms. The van der Waals surface area contributed by atoms with Gasteiger partial charge in [-0.1, -0.05) is 6.58 Å². The van der Waals surface area contributed by atoms with Crippen LogP contribution in [-0.4, -0.2) is 10.7 Å². The Kier molecular flexibility index (Phi) is 2.75. The number of aliphatic imine (C=N–C) groups is 1. The fourth-order valence-corrected chi connectivity index (χ4v) is 0.808. The van der Waals surface area contributed by atoms with Gasteiger partial charge in [0.2, 0.25) is 0 Å². The van der Waals surface area contributed by atoms with Gasteiger partial charge in [0.15, 0.2) is 0 Å². The summed E-state index contributed by atoms with van der Waals surface area (Å²) in [6.45, 7) is 7.56. The number of rotatable bonds is 2. The number of pyridine rings is 1. The van der Waals surface area contributed by atoms with Crippen molar-refractivity contribution in [3.8, 4) is 0 Å². The van der Waals surface area contributed by atoms with Crippen LogP contribution in [0.15, 0.2) is 36.1 Å². The molecule has 1 rings (SSSR count). The summed E-state index contributed by atoms with van der Waals surface area (Å²) in [5.74, 6) is 0. The molecule has 2 nitrogen and oxygen atoms in total. The first-order valence-corrected chi connectivity index (χ1v) is 3.82. The highest BCUT2D eigenvalue weighted by Crippen LogP contribution is 2.15. The van der Waals surface area contributed by atoms with E-state index in [1.165, 1.54) is 0 Å². The monoisotopic (exact) mass is 160 g/mol. The van der Waals surface area contributed by atoms with Gasteiger partial charge >= 0.3 is 0 Å². The highest BCUT2D eigenvalue weighted by molar-refractivity contribution is 5.94. The van der Waals surface area contributed by atoms with Gasteiger partial charge in [0, 0.05) is 11.9 Å². The zero-order chi connectivity index (χ0) is 8.97. The third-order valence-corrected chi connectivity index (χ3v) is 1.60. The van der Waals surface area contributed by atoms with Gasteiger partial charge in [-0.05, 0) is 31.6 Å². The standard InChI is InChI=1S/C10H12N2/c1-4-9(3)12-10-7-11-6-5-8(10)2/h4-7H,1H2,2-3H3. The third kappa shape index (κ3) is 2.02. The lowest BCUT2D eigenvalue weighted by molar-refractivity contribution is 1.26. The number of aryl methyl sites for hydroxylation is 1. The molecule has 0 radical (unpaired) electrons. The van der Waals surface area contributed by atoms with Crippen molar-refractivity contribution in [2.75, 3.05) is 0 Å². The Morgan fingerprint density at radius 2 is 2.42 bits per heavy atom. The van der Waals surface area contributed by atoms with Crippen molar-refractivity contribution >= 4 is 11.4 Å². The molecule has 0 unspecified atom stereocenters. The molecule has 0 aliphatic rings. The Bertz CT molecular complexity index is 313. The summed E-state index contributed by atoms with van der Waals surface area (Å²) in [5, 5.41) is 0. The quantitative estimate of drug-likeness (QED) is 0.610. The number of hydrogen-bond donors (Lipinski definition) is 0. The Morgan fingerprint density at radius 1 is 1.67 bits per heavy atom. The summed E-state index contributed by atoms with van der Waals surface area (Å²) >= 11 is 0. The van der Waals surface area contributed by atoms with Crippen LogP contribution in [0.5, 0.6) is 0 Å². The molecule has 0 bridgehead atoms. The van der Waals surface area contributed by atoms with Crippen LogP contribution in [0.1, 0.15) is 12.5 Å². The third-order valence-electron chi connectivity index (χ3n) is 1.60. The molecule has 0 aliphatic carbocycles. The summed E-state index contributed by atoms with van der Waals surface area (Å²) in [5.41, 5.74) is 2.95. The van der Waals surface area contributed by atoms with Gasteiger partial charge in [0.05, 0.1) is 11.9 Å². The molecule has 1 heterocycles. The van der Waals surface area contributed by atoms with Crippen molar-refractivity contribution in [1.29, 1.82) is 0 Å². The number of hydrogen-bond acceptors (Lipinski definition) is 2. The van der Waals surface area contributed by atoms with Gasteiger partial charge in [-0.3, -0.25) is 9.98 Å². The van der Waals surface area contributed by atoms with E-state index in [9.17, 15) is 0 Å². The second-order valence-electron chi connectivity index (χ2n) is 2.62. The van der Waals surface area contributed by atoms with Crippen LogP contribution in [0.25, 0.3) is 0 Å². The van der Waals surface area contributed by atoms with E-state index in [4.69, 9.17) is 0 Å². The van der Waals surface area contributed by atoms with E-state index in [-0.39, 0.29) is 0 Å². The average Bonchev–Trinajstić information content (AvgIpc) is 2.09. The van der Waals surface area contributed by atoms with Gasteiger partial charge in [0.1, 0.15) is 0 Å². The van der Waals surface area contributed by atoms with E-state index in [1.54, 1.807) is 18.5 Å². The SMILES string of the molecule is C=CC(C)=Nc1cnccc1C. The normalized spacial score (nSPS) is 11.3. The van der Waals surface area contributed by atoms with Crippen LogP contribution < -0.4 is 0 Å². The first-order valence-electron chi connectivity index (χ1n) is 3.82. The van der Waals surface area contributed by atoms with E-state index in [0.717, 1.165) is 17.0 Å². The van der Waals surface area contributed by atoms with Gasteiger partial charge in [0.25, 0.3) is 0 Å². The molecule has 0 aromatic carbocycles. The minimum absolute atomic E-state index is 0.908. The number of allylic oxidation sites excluding steroid dienone is 1. The van der Waals surface area contributed by atoms with E-state index >= 15 is 0 Å². The fourth-order valence-electron chi connectivity index (χ4n) is 0.808. The highest BCUT2D eigenvalue weighted by atomic mass is 14.8. The van der Waals surface area contributed by atoms with Crippen LogP contribution in [0, 0.1) is 6.92 Å². The molecule has 0 amide bonds. The maximum Gasteiger partial charge on any atom is 0.0845 e. The Balaban J connectivity index is 3.04. The molecule has 0 aliphatic heterocycles. The summed E-state index contributed by atoms with van der Waals surface area (Å²) in [7, 11) is 0. The molecule has 0 fully saturated rings. The van der Waals surface area contributed by atoms with E-state index in [0.29, 0.717) is 0 Å². The Labute approximate surface area is 72.7 Å². The van der Waals surface area contributed by atoms with Crippen molar-refractivity contribution in [1.82, 2.24) is 4.98 Å². The van der Waals surface area contributed by atoms with Gasteiger partial charge < -0.3 is 0 Å². The molecule has 0 spiro atoms. The largest absolute Gasteiger partial charge is 0.262 e. The van der Waals surface area contributed by atoms with Crippen LogP contribution in [-0.2, 0) is 0 Å². The average molecular weight is 160 g/mol. The molecule has 1 aromatic heterocycles. The Morgan fingerprint density at radius 3 is 3.00 bits per heavy atom. The first kappa shape index (κ1) is 8.65. The van der Waals surface area contributed by atoms with E-state index in [2.05, 4.69) is 16.6 Å². The molecule has 1 aromatic rings. The second-order valence-corrected chi connectivity index (χ2v) is 2.62. The van der Waals surface area contributed by atoms with Crippen molar-refractivity contribution < 1.29 is 0 Å². The van der Waals surface area contributed by atoms with Crippen molar-refractivity contribution in [2.45, 2.75) is 13.8 Å². The lowest BCUT2D eigenvalue weighted by Crippen LogP contribution is -1.83. The van der Waals surface area contributed by atoms with Crippen LogP contribution in [0.4, 0.5) is 5.69 Å². The smallest absolute Gasteiger partial charge is 0.0845 e. The van der Waals surface area contributed by atoms with Crippen LogP contribution in [0.2, 0.25) is 0 Å². The van der Waals surface area contributed by atoms with Crippen LogP contribution >= 0.6 is 0 Å². The maximum atomic E-state index is 4.31. The highest BCUT2D eigenvalue weighted by Gasteiger charge is 1.93. The molecule has 0 saturated carbocycles. The predicted octanol–water partition coefficient (Wildman–Crippen LogP) is 2.67. The van der Waals surface area contributed by atoms with E-state index in [1.807, 2.05) is 19.9 Å². The zero-order valence-electron chi connectivity index (χ0n) is 7.41. The molecule has 0 saturated heterocycles. The summed E-state index contributed by atoms with van der Waals surface area (Å²) in [4.78, 5) is 8.30. The first-order chi connectivity index (χ1) is 5.74. The summed E-state index contributed by atoms with van der Waals surface area (Å²) in [6.07, 6.45) is 5.24. The number of nitrogens with zero attached hydrogens (tertiary/aromatic N) is 2. The minimum atomic E-state index is 0.908.